The number of nitrogens with one attached hydrogen (secondary N) is 1. The molecule has 0 aromatic heterocycles. The zero-order valence-corrected chi connectivity index (χ0v) is 13.3. The molecule has 114 valence electrons. The highest BCUT2D eigenvalue weighted by atomic mass is 35.5. The summed E-state index contributed by atoms with van der Waals surface area (Å²) in [5.41, 5.74) is 3.44. The first-order valence-electron chi connectivity index (χ1n) is 6.88. The van der Waals surface area contributed by atoms with E-state index in [1.54, 1.807) is 7.11 Å². The molecule has 0 radical (unpaired) electrons. The number of piperazine rings is 1. The molecule has 0 unspecified atom stereocenters. The first kappa shape index (κ1) is 17.2. The number of methoxy groups -OCH3 is 1. The normalized spacial score (nSPS) is 17.4. The van der Waals surface area contributed by atoms with E-state index in [0.717, 1.165) is 43.1 Å². The van der Waals surface area contributed by atoms with Crippen molar-refractivity contribution in [1.29, 1.82) is 0 Å². The van der Waals surface area contributed by atoms with E-state index in [2.05, 4.69) is 36.2 Å². The summed E-state index contributed by atoms with van der Waals surface area (Å²) in [7, 11) is 1.70. The van der Waals surface area contributed by atoms with Gasteiger partial charge >= 0.3 is 0 Å². The van der Waals surface area contributed by atoms with Crippen molar-refractivity contribution in [3.63, 3.8) is 0 Å². The van der Waals surface area contributed by atoms with E-state index in [4.69, 9.17) is 4.74 Å². The van der Waals surface area contributed by atoms with Crippen LogP contribution in [0.4, 0.5) is 0 Å². The number of rotatable bonds is 4. The number of hydrogen-bond donors (Lipinski definition) is 2. The molecule has 1 aliphatic heterocycles. The lowest BCUT2D eigenvalue weighted by Crippen LogP contribution is -2.46. The van der Waals surface area contributed by atoms with Crippen molar-refractivity contribution in [2.75, 3.05) is 39.9 Å². The summed E-state index contributed by atoms with van der Waals surface area (Å²) in [6.45, 7) is 8.22. The number of aliphatic hydroxyl groups is 1. The summed E-state index contributed by atoms with van der Waals surface area (Å²) < 4.78 is 5.40. The maximum absolute atomic E-state index is 9.75. The number of aryl methyl sites for hydroxylation is 2. The topological polar surface area (TPSA) is 44.7 Å². The van der Waals surface area contributed by atoms with Gasteiger partial charge in [0.1, 0.15) is 5.75 Å². The van der Waals surface area contributed by atoms with Gasteiger partial charge in [0.05, 0.1) is 19.8 Å². The van der Waals surface area contributed by atoms with Gasteiger partial charge in [-0.25, -0.2) is 0 Å². The Bertz CT molecular complexity index is 411. The van der Waals surface area contributed by atoms with Crippen LogP contribution in [0, 0.1) is 13.8 Å². The fourth-order valence-electron chi connectivity index (χ4n) is 2.92. The summed E-state index contributed by atoms with van der Waals surface area (Å²) in [5, 5.41) is 13.1. The summed E-state index contributed by atoms with van der Waals surface area (Å²) in [5.74, 6) is 0.945. The lowest BCUT2D eigenvalue weighted by Gasteiger charge is -2.34. The van der Waals surface area contributed by atoms with Crippen LogP contribution >= 0.6 is 12.4 Å². The average Bonchev–Trinajstić information content (AvgIpc) is 2.40. The molecular formula is C15H25ClN2O2. The number of benzene rings is 1. The van der Waals surface area contributed by atoms with Gasteiger partial charge in [-0.3, -0.25) is 4.90 Å². The van der Waals surface area contributed by atoms with Crippen molar-refractivity contribution in [1.82, 2.24) is 10.2 Å². The van der Waals surface area contributed by atoms with Crippen LogP contribution in [0.15, 0.2) is 12.1 Å². The molecule has 0 bridgehead atoms. The Morgan fingerprint density at radius 1 is 1.25 bits per heavy atom. The maximum atomic E-state index is 9.75. The summed E-state index contributed by atoms with van der Waals surface area (Å²) >= 11 is 0. The highest BCUT2D eigenvalue weighted by Crippen LogP contribution is 2.29. The molecule has 1 fully saturated rings. The number of ether oxygens (including phenoxy) is 1. The Hall–Kier alpha value is -0.810. The highest BCUT2D eigenvalue weighted by molar-refractivity contribution is 5.85. The standard InChI is InChI=1S/C15H24N2O2.ClH/c1-11-8-13(9-12(2)15(11)19-3)14(10-18)17-6-4-16-5-7-17;/h8-9,14,16,18H,4-7,10H2,1-3H3;1H/t14-;/m0./s1. The molecule has 1 saturated heterocycles. The lowest BCUT2D eigenvalue weighted by atomic mass is 9.99. The van der Waals surface area contributed by atoms with Crippen LogP contribution in [0.5, 0.6) is 5.75 Å². The van der Waals surface area contributed by atoms with Gasteiger partial charge in [-0.1, -0.05) is 12.1 Å². The van der Waals surface area contributed by atoms with E-state index < -0.39 is 0 Å². The van der Waals surface area contributed by atoms with Crippen molar-refractivity contribution in [2.45, 2.75) is 19.9 Å². The summed E-state index contributed by atoms with van der Waals surface area (Å²) in [6.07, 6.45) is 0. The van der Waals surface area contributed by atoms with Crippen molar-refractivity contribution in [2.24, 2.45) is 0 Å². The van der Waals surface area contributed by atoms with Crippen molar-refractivity contribution in [3.05, 3.63) is 28.8 Å². The zero-order valence-electron chi connectivity index (χ0n) is 12.5. The van der Waals surface area contributed by atoms with E-state index in [1.807, 2.05) is 0 Å². The van der Waals surface area contributed by atoms with Crippen molar-refractivity contribution < 1.29 is 9.84 Å². The second-order valence-electron chi connectivity index (χ2n) is 5.17. The summed E-state index contributed by atoms with van der Waals surface area (Å²) in [4.78, 5) is 2.34. The second-order valence-corrected chi connectivity index (χ2v) is 5.17. The largest absolute Gasteiger partial charge is 0.496 e. The zero-order chi connectivity index (χ0) is 13.8. The molecule has 1 aromatic rings. The third kappa shape index (κ3) is 3.64. The number of halogens is 1. The van der Waals surface area contributed by atoms with Gasteiger partial charge in [-0.05, 0) is 30.5 Å². The van der Waals surface area contributed by atoms with Crippen LogP contribution < -0.4 is 10.1 Å². The molecule has 20 heavy (non-hydrogen) atoms. The molecule has 4 nitrogen and oxygen atoms in total. The molecule has 0 spiro atoms. The minimum absolute atomic E-state index is 0. The van der Waals surface area contributed by atoms with E-state index in [9.17, 15) is 5.11 Å². The smallest absolute Gasteiger partial charge is 0.124 e. The Labute approximate surface area is 127 Å². The monoisotopic (exact) mass is 300 g/mol. The van der Waals surface area contributed by atoms with Gasteiger partial charge in [0, 0.05) is 26.2 Å². The third-order valence-corrected chi connectivity index (χ3v) is 3.84. The minimum atomic E-state index is 0. The number of aliphatic hydroxyl groups excluding tert-OH is 1. The SMILES string of the molecule is COc1c(C)cc([C@H](CO)N2CCNCC2)cc1C.Cl. The van der Waals surface area contributed by atoms with Gasteiger partial charge in [0.25, 0.3) is 0 Å². The molecule has 1 atom stereocenters. The molecule has 1 aliphatic rings. The van der Waals surface area contributed by atoms with E-state index >= 15 is 0 Å². The van der Waals surface area contributed by atoms with Gasteiger partial charge in [-0.2, -0.15) is 0 Å². The minimum Gasteiger partial charge on any atom is -0.496 e. The number of nitrogens with zero attached hydrogens (tertiary/aromatic N) is 1. The maximum Gasteiger partial charge on any atom is 0.124 e. The van der Waals surface area contributed by atoms with Crippen molar-refractivity contribution in [3.8, 4) is 5.75 Å². The fourth-order valence-corrected chi connectivity index (χ4v) is 2.92. The van der Waals surface area contributed by atoms with E-state index in [-0.39, 0.29) is 25.1 Å². The fraction of sp³-hybridized carbons (Fsp3) is 0.600. The molecule has 1 heterocycles. The van der Waals surface area contributed by atoms with Crippen LogP contribution in [0.3, 0.4) is 0 Å². The van der Waals surface area contributed by atoms with E-state index in [0.29, 0.717) is 0 Å². The number of hydrogen-bond acceptors (Lipinski definition) is 4. The molecule has 0 amide bonds. The Balaban J connectivity index is 0.00000200. The van der Waals surface area contributed by atoms with Crippen molar-refractivity contribution >= 4 is 12.4 Å². The first-order chi connectivity index (χ1) is 9.17. The van der Waals surface area contributed by atoms with Gasteiger partial charge in [0.15, 0.2) is 0 Å². The van der Waals surface area contributed by atoms with Crippen LogP contribution in [0.1, 0.15) is 22.7 Å². The molecule has 2 rings (SSSR count). The lowest BCUT2D eigenvalue weighted by molar-refractivity contribution is 0.110. The van der Waals surface area contributed by atoms with Crippen LogP contribution in [0.2, 0.25) is 0 Å². The van der Waals surface area contributed by atoms with Gasteiger partial charge in [0.2, 0.25) is 0 Å². The molecule has 0 aliphatic carbocycles. The molecule has 0 saturated carbocycles. The van der Waals surface area contributed by atoms with E-state index in [1.165, 1.54) is 5.56 Å². The van der Waals surface area contributed by atoms with Crippen LogP contribution in [0.25, 0.3) is 0 Å². The Morgan fingerprint density at radius 3 is 2.25 bits per heavy atom. The Morgan fingerprint density at radius 2 is 1.80 bits per heavy atom. The first-order valence-corrected chi connectivity index (χ1v) is 6.88. The van der Waals surface area contributed by atoms with Crippen LogP contribution in [-0.2, 0) is 0 Å². The summed E-state index contributed by atoms with van der Waals surface area (Å²) in [6, 6.07) is 4.36. The molecular weight excluding hydrogens is 276 g/mol. The molecule has 5 heteroatoms. The van der Waals surface area contributed by atoms with Crippen LogP contribution in [-0.4, -0.2) is 49.9 Å². The average molecular weight is 301 g/mol. The predicted octanol–water partition coefficient (Wildman–Crippen LogP) is 1.67. The quantitative estimate of drug-likeness (QED) is 0.888. The highest BCUT2D eigenvalue weighted by Gasteiger charge is 2.22. The van der Waals surface area contributed by atoms with Gasteiger partial charge < -0.3 is 15.2 Å². The second kappa shape index (κ2) is 7.84. The predicted molar refractivity (Wildman–Crippen MR) is 84.0 cm³/mol. The molecule has 1 aromatic carbocycles. The van der Waals surface area contributed by atoms with Gasteiger partial charge in [-0.15, -0.1) is 12.4 Å². The molecule has 2 N–H and O–H groups in total. The third-order valence-electron chi connectivity index (χ3n) is 3.84. The Kier molecular flexibility index (Phi) is 6.76.